The highest BCUT2D eigenvalue weighted by Gasteiger charge is 2.60. The van der Waals surface area contributed by atoms with Gasteiger partial charge in [-0.05, 0) is 105 Å². The molecular weight excluding hydrogens is 406 g/mol. The fourth-order valence-electron chi connectivity index (χ4n) is 9.66. The molecule has 0 aromatic carbocycles. The van der Waals surface area contributed by atoms with Gasteiger partial charge in [-0.25, -0.2) is 0 Å². The lowest BCUT2D eigenvalue weighted by molar-refractivity contribution is -0.131. The van der Waals surface area contributed by atoms with Crippen molar-refractivity contribution in [3.05, 3.63) is 17.5 Å². The molecule has 5 aliphatic carbocycles. The Morgan fingerprint density at radius 2 is 1.88 bits per heavy atom. The van der Waals surface area contributed by atoms with Crippen LogP contribution < -0.4 is 0 Å². The van der Waals surface area contributed by atoms with Crippen LogP contribution in [0.1, 0.15) is 102 Å². The zero-order valence-electron chi connectivity index (χ0n) is 20.8. The zero-order chi connectivity index (χ0) is 22.9. The molecule has 0 aliphatic heterocycles. The Morgan fingerprint density at radius 1 is 1.09 bits per heavy atom. The summed E-state index contributed by atoms with van der Waals surface area (Å²) in [7, 11) is 0. The van der Waals surface area contributed by atoms with Crippen LogP contribution in [0.2, 0.25) is 0 Å². The second-order valence-corrected chi connectivity index (χ2v) is 13.1. The normalized spacial score (nSPS) is 44.4. The van der Waals surface area contributed by atoms with Gasteiger partial charge >= 0.3 is 0 Å². The minimum absolute atomic E-state index is 0.150. The molecule has 178 valence electrons. The molecule has 5 saturated carbocycles. The highest BCUT2D eigenvalue weighted by atomic mass is 16.1. The van der Waals surface area contributed by atoms with Gasteiger partial charge in [0.1, 0.15) is 6.07 Å². The maximum absolute atomic E-state index is 13.7. The van der Waals surface area contributed by atoms with E-state index >= 15 is 0 Å². The number of hydrogen-bond acceptors (Lipinski definition) is 3. The van der Waals surface area contributed by atoms with Gasteiger partial charge in [-0.15, -0.1) is 0 Å². The number of fused-ring (bicyclic) bond motifs is 5. The third-order valence-corrected chi connectivity index (χ3v) is 11.1. The molecule has 1 aromatic heterocycles. The average Bonchev–Trinajstić information content (AvgIpc) is 3.50. The summed E-state index contributed by atoms with van der Waals surface area (Å²) in [6.45, 7) is 7.72. The molecule has 0 radical (unpaired) electrons. The largest absolute Gasteiger partial charge is 0.297 e. The van der Waals surface area contributed by atoms with Gasteiger partial charge in [0.05, 0.1) is 17.8 Å². The summed E-state index contributed by atoms with van der Waals surface area (Å²) >= 11 is 0. The number of Topliss-reactive ketones (excluding diaryl/α,β-unsaturated/α-hetero) is 1. The Bertz CT molecular complexity index is 970. The summed E-state index contributed by atoms with van der Waals surface area (Å²) in [6.07, 6.45) is 14.9. The van der Waals surface area contributed by atoms with Crippen LogP contribution in [-0.2, 0) is 11.3 Å². The standard InChI is InChI=1S/C29H41N3O/c1-17-4-8-22-20(12-17)7-9-24-23(22)10-11-29(3)25(13-18(2)27(24)29)26(33)16-32-15-21(14-30)28(31-32)19-5-6-19/h15,17-20,22-25,27H,4-13,16H2,1-3H3. The molecule has 9 unspecified atom stereocenters. The van der Waals surface area contributed by atoms with E-state index < -0.39 is 0 Å². The maximum atomic E-state index is 13.7. The van der Waals surface area contributed by atoms with Crippen LogP contribution in [0.15, 0.2) is 6.20 Å². The van der Waals surface area contributed by atoms with Crippen molar-refractivity contribution < 1.29 is 4.79 Å². The van der Waals surface area contributed by atoms with Crippen molar-refractivity contribution in [1.29, 1.82) is 5.26 Å². The Labute approximate surface area is 199 Å². The lowest BCUT2D eigenvalue weighted by Crippen LogP contribution is -2.50. The quantitative estimate of drug-likeness (QED) is 0.540. The molecule has 5 fully saturated rings. The molecule has 0 amide bonds. The average molecular weight is 448 g/mol. The molecule has 4 nitrogen and oxygen atoms in total. The molecule has 1 heterocycles. The highest BCUT2D eigenvalue weighted by molar-refractivity contribution is 5.82. The minimum Gasteiger partial charge on any atom is -0.297 e. The molecule has 0 bridgehead atoms. The van der Waals surface area contributed by atoms with E-state index in [2.05, 4.69) is 26.8 Å². The third kappa shape index (κ3) is 3.52. The van der Waals surface area contributed by atoms with Crippen molar-refractivity contribution >= 4 is 5.78 Å². The molecular formula is C29H41N3O. The van der Waals surface area contributed by atoms with Crippen LogP contribution >= 0.6 is 0 Å². The predicted molar refractivity (Wildman–Crippen MR) is 128 cm³/mol. The summed E-state index contributed by atoms with van der Waals surface area (Å²) in [5.74, 6) is 6.92. The number of nitriles is 1. The second kappa shape index (κ2) is 7.96. The van der Waals surface area contributed by atoms with Crippen LogP contribution in [0.25, 0.3) is 0 Å². The van der Waals surface area contributed by atoms with E-state index in [9.17, 15) is 10.1 Å². The lowest BCUT2D eigenvalue weighted by Gasteiger charge is -2.56. The summed E-state index contributed by atoms with van der Waals surface area (Å²) in [6, 6.07) is 2.30. The van der Waals surface area contributed by atoms with Crippen LogP contribution in [0.3, 0.4) is 0 Å². The van der Waals surface area contributed by atoms with Crippen LogP contribution in [0.4, 0.5) is 0 Å². The highest BCUT2D eigenvalue weighted by Crippen LogP contribution is 2.66. The van der Waals surface area contributed by atoms with E-state index in [1.54, 1.807) is 4.68 Å². The van der Waals surface area contributed by atoms with Crippen molar-refractivity contribution in [2.24, 2.45) is 52.8 Å². The van der Waals surface area contributed by atoms with Crippen molar-refractivity contribution in [1.82, 2.24) is 9.78 Å². The molecule has 9 atom stereocenters. The molecule has 4 heteroatoms. The topological polar surface area (TPSA) is 58.7 Å². The lowest BCUT2D eigenvalue weighted by atomic mass is 9.48. The number of aromatic nitrogens is 2. The van der Waals surface area contributed by atoms with Gasteiger partial charge in [-0.3, -0.25) is 9.48 Å². The molecule has 0 spiro atoms. The first kappa shape index (κ1) is 21.9. The smallest absolute Gasteiger partial charge is 0.157 e. The molecule has 5 aliphatic rings. The SMILES string of the molecule is CC1CCC2C(CCC3C2CCC2(C)C(C(=O)Cn4cc(C#N)c(C5CC5)n4)CC(C)C32)C1. The molecule has 0 saturated heterocycles. The van der Waals surface area contributed by atoms with Gasteiger partial charge in [0.15, 0.2) is 5.78 Å². The van der Waals surface area contributed by atoms with Crippen molar-refractivity contribution in [2.75, 3.05) is 0 Å². The van der Waals surface area contributed by atoms with Gasteiger partial charge < -0.3 is 0 Å². The molecule has 1 aromatic rings. The fourth-order valence-corrected chi connectivity index (χ4v) is 9.66. The fraction of sp³-hybridized carbons (Fsp3) is 0.828. The third-order valence-electron chi connectivity index (χ3n) is 11.1. The van der Waals surface area contributed by atoms with Gasteiger partial charge in [0, 0.05) is 18.0 Å². The first-order valence-corrected chi connectivity index (χ1v) is 13.9. The summed E-state index contributed by atoms with van der Waals surface area (Å²) in [5, 5.41) is 14.2. The van der Waals surface area contributed by atoms with Crippen molar-refractivity contribution in [3.63, 3.8) is 0 Å². The van der Waals surface area contributed by atoms with E-state index in [0.717, 1.165) is 54.5 Å². The number of carbonyl (C=O) groups is 1. The van der Waals surface area contributed by atoms with E-state index in [1.807, 2.05) is 6.20 Å². The van der Waals surface area contributed by atoms with E-state index in [1.165, 1.54) is 44.9 Å². The Kier molecular flexibility index (Phi) is 5.28. The van der Waals surface area contributed by atoms with Crippen LogP contribution in [-0.4, -0.2) is 15.6 Å². The van der Waals surface area contributed by atoms with Gasteiger partial charge in [-0.1, -0.05) is 27.2 Å². The van der Waals surface area contributed by atoms with E-state index in [-0.39, 0.29) is 11.3 Å². The number of hydrogen-bond donors (Lipinski definition) is 0. The Balaban J connectivity index is 1.20. The van der Waals surface area contributed by atoms with Crippen LogP contribution in [0.5, 0.6) is 0 Å². The predicted octanol–water partition coefficient (Wildman–Crippen LogP) is 6.35. The first-order chi connectivity index (χ1) is 15.9. The van der Waals surface area contributed by atoms with Crippen molar-refractivity contribution in [2.45, 2.75) is 97.4 Å². The molecule has 0 N–H and O–H groups in total. The van der Waals surface area contributed by atoms with E-state index in [0.29, 0.717) is 35.6 Å². The maximum Gasteiger partial charge on any atom is 0.157 e. The van der Waals surface area contributed by atoms with Gasteiger partial charge in [0.2, 0.25) is 0 Å². The van der Waals surface area contributed by atoms with Gasteiger partial charge in [0.25, 0.3) is 0 Å². The Morgan fingerprint density at radius 3 is 2.64 bits per heavy atom. The zero-order valence-corrected chi connectivity index (χ0v) is 20.8. The Hall–Kier alpha value is -1.63. The first-order valence-electron chi connectivity index (χ1n) is 13.9. The van der Waals surface area contributed by atoms with Gasteiger partial charge in [-0.2, -0.15) is 10.4 Å². The number of nitrogens with zero attached hydrogens (tertiary/aromatic N) is 3. The second-order valence-electron chi connectivity index (χ2n) is 13.1. The van der Waals surface area contributed by atoms with Crippen molar-refractivity contribution in [3.8, 4) is 6.07 Å². The van der Waals surface area contributed by atoms with E-state index in [4.69, 9.17) is 5.10 Å². The van der Waals surface area contributed by atoms with Crippen LogP contribution in [0, 0.1) is 64.1 Å². The summed E-state index contributed by atoms with van der Waals surface area (Å²) in [5.41, 5.74) is 1.75. The summed E-state index contributed by atoms with van der Waals surface area (Å²) < 4.78 is 1.79. The monoisotopic (exact) mass is 447 g/mol. The molecule has 33 heavy (non-hydrogen) atoms. The number of rotatable bonds is 4. The minimum atomic E-state index is 0.150. The number of carbonyl (C=O) groups excluding carboxylic acids is 1. The summed E-state index contributed by atoms with van der Waals surface area (Å²) in [4.78, 5) is 13.7. The molecule has 6 rings (SSSR count). The number of ketones is 1.